The van der Waals surface area contributed by atoms with Crippen molar-refractivity contribution in [1.82, 2.24) is 15.0 Å². The van der Waals surface area contributed by atoms with Crippen LogP contribution in [0.1, 0.15) is 54.9 Å². The van der Waals surface area contributed by atoms with Gasteiger partial charge in [0.1, 0.15) is 5.60 Å². The first-order valence-corrected chi connectivity index (χ1v) is 11.8. The van der Waals surface area contributed by atoms with Crippen LogP contribution in [-0.2, 0) is 12.0 Å². The van der Waals surface area contributed by atoms with Crippen molar-refractivity contribution in [3.8, 4) is 0 Å². The maximum atomic E-state index is 10.6. The molecule has 0 spiro atoms. The quantitative estimate of drug-likeness (QED) is 0.531. The zero-order valence-corrected chi connectivity index (χ0v) is 20.5. The number of rotatable bonds is 6. The second-order valence-corrected chi connectivity index (χ2v) is 9.88. The number of piperidine rings is 1. The van der Waals surface area contributed by atoms with Gasteiger partial charge in [-0.2, -0.15) is 0 Å². The molecule has 2 aromatic heterocycles. The molecule has 174 valence electrons. The molecule has 0 saturated carbocycles. The second kappa shape index (κ2) is 9.65. The topological polar surface area (TPSA) is 74.2 Å². The molecule has 0 amide bonds. The normalized spacial score (nSPS) is 15.0. The van der Waals surface area contributed by atoms with Gasteiger partial charge >= 0.3 is 0 Å². The van der Waals surface area contributed by atoms with Gasteiger partial charge in [0, 0.05) is 48.2 Å². The molecular weight excluding hydrogens is 434 g/mol. The Morgan fingerprint density at radius 3 is 2.45 bits per heavy atom. The van der Waals surface area contributed by atoms with Crippen molar-refractivity contribution >= 4 is 23.2 Å². The van der Waals surface area contributed by atoms with E-state index in [4.69, 9.17) is 16.6 Å². The molecule has 6 nitrogen and oxygen atoms in total. The van der Waals surface area contributed by atoms with Gasteiger partial charge in [0.2, 0.25) is 5.95 Å². The minimum absolute atomic E-state index is 0.282. The Bertz CT molecular complexity index is 1100. The number of halogens is 1. The van der Waals surface area contributed by atoms with Crippen LogP contribution in [0.5, 0.6) is 0 Å². The van der Waals surface area contributed by atoms with Crippen LogP contribution in [0.15, 0.2) is 42.6 Å². The van der Waals surface area contributed by atoms with E-state index >= 15 is 0 Å². The third kappa shape index (κ3) is 6.01. The lowest BCUT2D eigenvalue weighted by atomic mass is 10.0. The highest BCUT2D eigenvalue weighted by Gasteiger charge is 2.24. The molecule has 0 radical (unpaired) electrons. The van der Waals surface area contributed by atoms with E-state index < -0.39 is 5.60 Å². The van der Waals surface area contributed by atoms with E-state index in [1.54, 1.807) is 13.8 Å². The van der Waals surface area contributed by atoms with E-state index in [0.717, 1.165) is 42.9 Å². The lowest BCUT2D eigenvalue weighted by molar-refractivity contribution is 0.0737. The number of nitrogens with zero attached hydrogens (tertiary/aromatic N) is 4. The van der Waals surface area contributed by atoms with Gasteiger partial charge in [-0.25, -0.2) is 9.97 Å². The number of aliphatic hydroxyl groups is 1. The number of benzene rings is 1. The maximum absolute atomic E-state index is 10.6. The molecule has 1 aliphatic heterocycles. The van der Waals surface area contributed by atoms with Crippen molar-refractivity contribution in [3.63, 3.8) is 0 Å². The molecule has 0 bridgehead atoms. The van der Waals surface area contributed by atoms with Gasteiger partial charge in [-0.1, -0.05) is 23.7 Å². The number of aryl methyl sites for hydroxylation is 2. The van der Waals surface area contributed by atoms with Crippen molar-refractivity contribution in [1.29, 1.82) is 0 Å². The number of aromatic nitrogens is 3. The lowest BCUT2D eigenvalue weighted by Gasteiger charge is -2.35. The predicted octanol–water partition coefficient (Wildman–Crippen LogP) is 5.04. The summed E-state index contributed by atoms with van der Waals surface area (Å²) in [6, 6.07) is 12.1. The maximum Gasteiger partial charge on any atom is 0.223 e. The van der Waals surface area contributed by atoms with Crippen LogP contribution >= 0.6 is 11.6 Å². The highest BCUT2D eigenvalue weighted by molar-refractivity contribution is 6.30. The Hall–Kier alpha value is -2.70. The summed E-state index contributed by atoms with van der Waals surface area (Å²) in [4.78, 5) is 16.2. The summed E-state index contributed by atoms with van der Waals surface area (Å²) in [5.74, 6) is 0.577. The average Bonchev–Trinajstić information content (AvgIpc) is 2.77. The highest BCUT2D eigenvalue weighted by atomic mass is 35.5. The first-order valence-electron chi connectivity index (χ1n) is 11.5. The van der Waals surface area contributed by atoms with Crippen molar-refractivity contribution in [3.05, 3.63) is 75.8 Å². The first-order chi connectivity index (χ1) is 15.7. The number of nitrogens with one attached hydrogen (secondary N) is 1. The zero-order valence-electron chi connectivity index (χ0n) is 19.8. The van der Waals surface area contributed by atoms with Crippen LogP contribution in [0.4, 0.5) is 11.6 Å². The molecule has 7 heteroatoms. The Morgan fingerprint density at radius 2 is 1.79 bits per heavy atom. The van der Waals surface area contributed by atoms with Gasteiger partial charge in [0.05, 0.1) is 11.4 Å². The summed E-state index contributed by atoms with van der Waals surface area (Å²) in [7, 11) is 0. The van der Waals surface area contributed by atoms with Crippen LogP contribution in [0.25, 0.3) is 0 Å². The summed E-state index contributed by atoms with van der Waals surface area (Å²) in [6.45, 7) is 9.58. The zero-order chi connectivity index (χ0) is 23.6. The van der Waals surface area contributed by atoms with Gasteiger partial charge in [-0.15, -0.1) is 0 Å². The van der Waals surface area contributed by atoms with E-state index in [2.05, 4.69) is 33.2 Å². The fourth-order valence-corrected chi connectivity index (χ4v) is 4.31. The van der Waals surface area contributed by atoms with Crippen LogP contribution < -0.4 is 10.2 Å². The molecular formula is C26H32ClN5O. The molecule has 0 aliphatic carbocycles. The summed E-state index contributed by atoms with van der Waals surface area (Å²) in [5.41, 5.74) is 5.07. The molecule has 4 rings (SSSR count). The monoisotopic (exact) mass is 465 g/mol. The van der Waals surface area contributed by atoms with Crippen molar-refractivity contribution in [2.24, 2.45) is 0 Å². The van der Waals surface area contributed by atoms with E-state index in [-0.39, 0.29) is 6.04 Å². The average molecular weight is 466 g/mol. The summed E-state index contributed by atoms with van der Waals surface area (Å²) < 4.78 is 0. The molecule has 1 aliphatic rings. The predicted molar refractivity (Wildman–Crippen MR) is 134 cm³/mol. The molecule has 2 N–H and O–H groups in total. The van der Waals surface area contributed by atoms with Gasteiger partial charge in [-0.05, 0) is 75.9 Å². The largest absolute Gasteiger partial charge is 0.384 e. The number of hydrogen-bond acceptors (Lipinski definition) is 6. The molecule has 3 aromatic rings. The Balaban J connectivity index is 1.48. The number of hydrogen-bond donors (Lipinski definition) is 2. The first kappa shape index (κ1) is 23.5. The van der Waals surface area contributed by atoms with Crippen LogP contribution in [0, 0.1) is 13.8 Å². The lowest BCUT2D eigenvalue weighted by Crippen LogP contribution is -2.40. The number of anilines is 2. The molecule has 1 aromatic carbocycles. The van der Waals surface area contributed by atoms with Crippen molar-refractivity contribution in [2.45, 2.75) is 58.6 Å². The number of pyridine rings is 1. The van der Waals surface area contributed by atoms with Crippen molar-refractivity contribution < 1.29 is 5.11 Å². The molecule has 33 heavy (non-hydrogen) atoms. The fraction of sp³-hybridized carbons (Fsp3) is 0.423. The summed E-state index contributed by atoms with van der Waals surface area (Å²) in [5, 5.41) is 14.9. The Labute approximate surface area is 201 Å². The minimum atomic E-state index is -1.05. The van der Waals surface area contributed by atoms with Crippen LogP contribution in [0.3, 0.4) is 0 Å². The van der Waals surface area contributed by atoms with Gasteiger partial charge in [0.15, 0.2) is 0 Å². The van der Waals surface area contributed by atoms with Crippen LogP contribution in [-0.4, -0.2) is 39.2 Å². The SMILES string of the molecule is Cc1cc(N2CCC(Nc3nc(Cc4ccc(Cl)cc4)cc(C(C)(C)O)n3)CC2)c(C)cn1. The molecule has 1 saturated heterocycles. The van der Waals surface area contributed by atoms with E-state index in [1.165, 1.54) is 11.3 Å². The fourth-order valence-electron chi connectivity index (χ4n) is 4.18. The van der Waals surface area contributed by atoms with Gasteiger partial charge < -0.3 is 15.3 Å². The van der Waals surface area contributed by atoms with E-state index in [9.17, 15) is 5.11 Å². The van der Waals surface area contributed by atoms with E-state index in [1.807, 2.05) is 43.5 Å². The second-order valence-electron chi connectivity index (χ2n) is 9.45. The molecule has 1 fully saturated rings. The smallest absolute Gasteiger partial charge is 0.223 e. The Kier molecular flexibility index (Phi) is 6.86. The standard InChI is InChI=1S/C26H32ClN5O/c1-17-16-28-18(2)13-23(17)32-11-9-21(10-12-32)29-25-30-22(15-24(31-25)26(3,4)33)14-19-5-7-20(27)8-6-19/h5-8,13,15-16,21,33H,9-12,14H2,1-4H3,(H,29,30,31). The van der Waals surface area contributed by atoms with Crippen molar-refractivity contribution in [2.75, 3.05) is 23.3 Å². The summed E-state index contributed by atoms with van der Waals surface area (Å²) in [6.07, 6.45) is 4.58. The van der Waals surface area contributed by atoms with Gasteiger partial charge in [0.25, 0.3) is 0 Å². The summed E-state index contributed by atoms with van der Waals surface area (Å²) >= 11 is 6.02. The minimum Gasteiger partial charge on any atom is -0.384 e. The van der Waals surface area contributed by atoms with Crippen LogP contribution in [0.2, 0.25) is 5.02 Å². The third-order valence-corrected chi connectivity index (χ3v) is 6.34. The molecule has 3 heterocycles. The highest BCUT2D eigenvalue weighted by Crippen LogP contribution is 2.26. The Morgan fingerprint density at radius 1 is 1.09 bits per heavy atom. The third-order valence-electron chi connectivity index (χ3n) is 6.08. The van der Waals surface area contributed by atoms with E-state index in [0.29, 0.717) is 23.1 Å². The molecule has 0 atom stereocenters. The van der Waals surface area contributed by atoms with Gasteiger partial charge in [-0.3, -0.25) is 4.98 Å². The molecule has 0 unspecified atom stereocenters.